The molecule has 0 radical (unpaired) electrons. The van der Waals surface area contributed by atoms with Crippen LogP contribution in [0.4, 0.5) is 0 Å². The highest BCUT2D eigenvalue weighted by atomic mass is 16.1. The summed E-state index contributed by atoms with van der Waals surface area (Å²) in [5.41, 5.74) is -1.32. The lowest BCUT2D eigenvalue weighted by Crippen LogP contribution is -2.53. The van der Waals surface area contributed by atoms with Crippen LogP contribution in [0, 0.1) is 34.5 Å². The Kier molecular flexibility index (Phi) is 1.86. The Balaban J connectivity index is 1.75. The lowest BCUT2D eigenvalue weighted by atomic mass is 9.45. The number of hydrogen-bond donors (Lipinski definition) is 0. The molecule has 4 fully saturated rings. The van der Waals surface area contributed by atoms with Crippen LogP contribution in [0.5, 0.6) is 0 Å². The van der Waals surface area contributed by atoms with E-state index in [2.05, 4.69) is 0 Å². The first-order chi connectivity index (χ1) is 12.2. The summed E-state index contributed by atoms with van der Waals surface area (Å²) in [6.07, 6.45) is -3.51. The number of ketones is 2. The van der Waals surface area contributed by atoms with E-state index in [-0.39, 0.29) is 36.4 Å². The van der Waals surface area contributed by atoms with E-state index < -0.39 is 41.6 Å². The number of Topliss-reactive ketones (excluding diaryl/α,β-unsaturated/α-hetero) is 2. The second-order valence-corrected chi connectivity index (χ2v) is 8.01. The zero-order valence-corrected chi connectivity index (χ0v) is 12.9. The lowest BCUT2D eigenvalue weighted by Gasteiger charge is -2.59. The third-order valence-electron chi connectivity index (χ3n) is 7.19. The van der Waals surface area contributed by atoms with E-state index in [0.717, 1.165) is 0 Å². The molecule has 0 aromatic heterocycles. The van der Waals surface area contributed by atoms with Crippen molar-refractivity contribution in [3.05, 3.63) is 0 Å². The average molecular weight is 294 g/mol. The number of carbonyl (C=O) groups is 2. The van der Waals surface area contributed by atoms with Gasteiger partial charge in [0.05, 0.1) is 0 Å². The second-order valence-electron chi connectivity index (χ2n) is 8.01. The van der Waals surface area contributed by atoms with Crippen molar-refractivity contribution in [2.24, 2.45) is 34.5 Å². The molecular formula is C19H28O2. The van der Waals surface area contributed by atoms with Crippen molar-refractivity contribution in [1.29, 1.82) is 0 Å². The molecule has 0 bridgehead atoms. The van der Waals surface area contributed by atoms with Gasteiger partial charge < -0.3 is 0 Å². The van der Waals surface area contributed by atoms with Gasteiger partial charge in [-0.3, -0.25) is 9.59 Å². The summed E-state index contributed by atoms with van der Waals surface area (Å²) >= 11 is 0. The first-order valence-electron chi connectivity index (χ1n) is 11.3. The van der Waals surface area contributed by atoms with Gasteiger partial charge in [0.2, 0.25) is 0 Å². The Morgan fingerprint density at radius 2 is 1.81 bits per heavy atom. The van der Waals surface area contributed by atoms with E-state index in [1.807, 2.05) is 13.8 Å². The fraction of sp³-hybridized carbons (Fsp3) is 0.895. The molecule has 6 atom stereocenters. The van der Waals surface area contributed by atoms with Gasteiger partial charge in [0, 0.05) is 32.8 Å². The summed E-state index contributed by atoms with van der Waals surface area (Å²) in [4.78, 5) is 25.2. The molecule has 0 saturated heterocycles. The molecule has 0 aliphatic heterocycles. The maximum absolute atomic E-state index is 12.7. The minimum atomic E-state index is -2.18. The van der Waals surface area contributed by atoms with Gasteiger partial charge in [-0.05, 0) is 67.6 Å². The van der Waals surface area contributed by atoms with E-state index >= 15 is 0 Å². The summed E-state index contributed by atoms with van der Waals surface area (Å²) in [5, 5.41) is 0. The fourth-order valence-corrected chi connectivity index (χ4v) is 5.81. The van der Waals surface area contributed by atoms with Gasteiger partial charge >= 0.3 is 0 Å². The smallest absolute Gasteiger partial charge is 0.139 e. The molecule has 0 aromatic rings. The Labute approximate surface area is 136 Å². The van der Waals surface area contributed by atoms with E-state index in [0.29, 0.717) is 25.7 Å². The van der Waals surface area contributed by atoms with Crippen LogP contribution >= 0.6 is 0 Å². The van der Waals surface area contributed by atoms with Crippen molar-refractivity contribution in [3.63, 3.8) is 0 Å². The maximum Gasteiger partial charge on any atom is 0.139 e. The molecule has 4 rings (SSSR count). The Bertz CT molecular complexity index is 719. The van der Waals surface area contributed by atoms with Gasteiger partial charge in [0.25, 0.3) is 0 Å². The molecule has 2 nitrogen and oxygen atoms in total. The van der Waals surface area contributed by atoms with Crippen LogP contribution in [0.1, 0.15) is 79.7 Å². The van der Waals surface area contributed by atoms with Gasteiger partial charge in [-0.2, -0.15) is 0 Å². The second kappa shape index (κ2) is 4.43. The van der Waals surface area contributed by atoms with Gasteiger partial charge in [-0.25, -0.2) is 0 Å². The summed E-state index contributed by atoms with van der Waals surface area (Å²) < 4.78 is 49.5. The highest BCUT2D eigenvalue weighted by Crippen LogP contribution is 2.65. The third-order valence-corrected chi connectivity index (χ3v) is 7.19. The van der Waals surface area contributed by atoms with Crippen molar-refractivity contribution in [3.8, 4) is 0 Å². The van der Waals surface area contributed by atoms with Crippen molar-refractivity contribution in [2.45, 2.75) is 71.5 Å². The quantitative estimate of drug-likeness (QED) is 0.672. The maximum atomic E-state index is 12.7. The lowest BCUT2D eigenvalue weighted by molar-refractivity contribution is -0.144. The molecule has 0 unspecified atom stereocenters. The fourth-order valence-electron chi connectivity index (χ4n) is 5.81. The molecule has 0 heterocycles. The summed E-state index contributed by atoms with van der Waals surface area (Å²) in [7, 11) is 0. The first kappa shape index (κ1) is 8.84. The molecule has 4 saturated carbocycles. The zero-order valence-electron chi connectivity index (χ0n) is 18.9. The van der Waals surface area contributed by atoms with E-state index in [1.54, 1.807) is 0 Å². The number of rotatable bonds is 0. The van der Waals surface area contributed by atoms with Crippen LogP contribution in [0.15, 0.2) is 0 Å². The molecule has 21 heavy (non-hydrogen) atoms. The minimum Gasteiger partial charge on any atom is -0.300 e. The van der Waals surface area contributed by atoms with Crippen LogP contribution in [0.2, 0.25) is 0 Å². The molecule has 0 amide bonds. The molecular weight excluding hydrogens is 260 g/mol. The number of hydrogen-bond acceptors (Lipinski definition) is 2. The highest BCUT2D eigenvalue weighted by molar-refractivity contribution is 5.87. The number of fused-ring (bicyclic) bond motifs is 5. The highest BCUT2D eigenvalue weighted by Gasteiger charge is 2.60. The summed E-state index contributed by atoms with van der Waals surface area (Å²) in [5.74, 6) is -1.70. The average Bonchev–Trinajstić information content (AvgIpc) is 2.72. The molecule has 4 aliphatic rings. The van der Waals surface area contributed by atoms with E-state index in [1.165, 1.54) is 0 Å². The first-order valence-corrected chi connectivity index (χ1v) is 8.28. The Morgan fingerprint density at radius 1 is 1.00 bits per heavy atom. The zero-order chi connectivity index (χ0) is 20.2. The minimum absolute atomic E-state index is 0.0223. The van der Waals surface area contributed by atoms with Gasteiger partial charge in [-0.1, -0.05) is 13.8 Å². The molecule has 0 N–H and O–H groups in total. The van der Waals surface area contributed by atoms with E-state index in [9.17, 15) is 9.59 Å². The topological polar surface area (TPSA) is 34.1 Å². The normalized spacial score (nSPS) is 64.5. The van der Waals surface area contributed by atoms with Gasteiger partial charge in [-0.15, -0.1) is 0 Å². The van der Waals surface area contributed by atoms with Gasteiger partial charge in [0.1, 0.15) is 11.6 Å². The van der Waals surface area contributed by atoms with Crippen molar-refractivity contribution >= 4 is 11.6 Å². The van der Waals surface area contributed by atoms with Crippen LogP contribution in [0.3, 0.4) is 0 Å². The van der Waals surface area contributed by atoms with Gasteiger partial charge in [0.15, 0.2) is 0 Å². The van der Waals surface area contributed by atoms with Crippen molar-refractivity contribution in [1.82, 2.24) is 0 Å². The predicted octanol–water partition coefficient (Wildman–Crippen LogP) is 4.17. The Morgan fingerprint density at radius 3 is 2.62 bits per heavy atom. The summed E-state index contributed by atoms with van der Waals surface area (Å²) in [6, 6.07) is 0. The van der Waals surface area contributed by atoms with Crippen LogP contribution in [0.25, 0.3) is 0 Å². The van der Waals surface area contributed by atoms with E-state index in [4.69, 9.17) is 8.22 Å². The van der Waals surface area contributed by atoms with Crippen LogP contribution in [-0.2, 0) is 9.59 Å². The predicted molar refractivity (Wildman–Crippen MR) is 81.7 cm³/mol. The SMILES string of the molecule is [2H]C1([2H])C[C@]2(C)[C@H]3CC[C@]4(C)C(=O)C([2H])([2H])C[C@H]4[C@@H]3CC[C@H]2C([2H])([2H])C1=O. The van der Waals surface area contributed by atoms with Crippen molar-refractivity contribution in [2.75, 3.05) is 0 Å². The molecule has 116 valence electrons. The number of carbonyl (C=O) groups excluding carboxylic acids is 2. The molecule has 4 aliphatic carbocycles. The standard InChI is InChI=1S/C19H28O2/c1-18-9-7-13(20)11-12(18)3-4-14-15-5-6-17(21)19(15,2)10-8-16(14)18/h12,14-16H,3-11H2,1-2H3/t12-,14-,15-,16-,18-,19-/m0/s1/i6D2,7D2,11D2. The van der Waals surface area contributed by atoms with Crippen molar-refractivity contribution < 1.29 is 17.8 Å². The largest absolute Gasteiger partial charge is 0.300 e. The molecule has 0 spiro atoms. The molecule has 0 aromatic carbocycles. The summed E-state index contributed by atoms with van der Waals surface area (Å²) in [6.45, 7) is 3.82. The van der Waals surface area contributed by atoms with Crippen LogP contribution in [-0.4, -0.2) is 11.6 Å². The Hall–Kier alpha value is -0.660. The van der Waals surface area contributed by atoms with Crippen LogP contribution < -0.4 is 0 Å². The monoisotopic (exact) mass is 294 g/mol. The third kappa shape index (κ3) is 1.77. The molecule has 2 heteroatoms.